The van der Waals surface area contributed by atoms with Gasteiger partial charge in [-0.05, 0) is 38.1 Å². The van der Waals surface area contributed by atoms with Crippen LogP contribution in [0.25, 0.3) is 0 Å². The number of anilines is 1. The lowest BCUT2D eigenvalue weighted by Crippen LogP contribution is -2.16. The molecule has 8 nitrogen and oxygen atoms in total. The summed E-state index contributed by atoms with van der Waals surface area (Å²) in [5.74, 6) is -0.371. The van der Waals surface area contributed by atoms with E-state index in [4.69, 9.17) is 21.1 Å². The molecule has 0 radical (unpaired) electrons. The molecule has 1 N–H and O–H groups in total. The zero-order valence-electron chi connectivity index (χ0n) is 17.6. The van der Waals surface area contributed by atoms with Gasteiger partial charge in [0.2, 0.25) is 5.91 Å². The number of nitrogens with zero attached hydrogens (tertiary/aromatic N) is 3. The maximum Gasteiger partial charge on any atom is 0.340 e. The van der Waals surface area contributed by atoms with E-state index in [9.17, 15) is 14.0 Å². The summed E-state index contributed by atoms with van der Waals surface area (Å²) in [5, 5.41) is 12.1. The summed E-state index contributed by atoms with van der Waals surface area (Å²) in [4.78, 5) is 25.1. The Hall–Kier alpha value is -2.63. The summed E-state index contributed by atoms with van der Waals surface area (Å²) in [6, 6.07) is 5.54. The topological polar surface area (TPSA) is 95.3 Å². The molecule has 12 heteroatoms. The quantitative estimate of drug-likeness (QED) is 0.357. The number of benzene rings is 1. The molecule has 1 aromatic carbocycles. The Kier molecular flexibility index (Phi) is 7.75. The zero-order valence-corrected chi connectivity index (χ0v) is 20.0. The Morgan fingerprint density at radius 1 is 1.34 bits per heavy atom. The van der Waals surface area contributed by atoms with Gasteiger partial charge in [-0.15, -0.1) is 21.5 Å². The minimum atomic E-state index is -0.518. The van der Waals surface area contributed by atoms with Crippen molar-refractivity contribution >= 4 is 51.6 Å². The van der Waals surface area contributed by atoms with E-state index < -0.39 is 17.9 Å². The lowest BCUT2D eigenvalue weighted by atomic mass is 10.3. The van der Waals surface area contributed by atoms with Gasteiger partial charge in [0.15, 0.2) is 17.1 Å². The van der Waals surface area contributed by atoms with Gasteiger partial charge in [0.1, 0.15) is 16.6 Å². The van der Waals surface area contributed by atoms with Crippen molar-refractivity contribution in [1.82, 2.24) is 14.8 Å². The lowest BCUT2D eigenvalue weighted by Gasteiger charge is -2.15. The van der Waals surface area contributed by atoms with Crippen LogP contribution >= 0.6 is 34.7 Å². The van der Waals surface area contributed by atoms with Crippen molar-refractivity contribution in [2.75, 3.05) is 18.2 Å². The first-order chi connectivity index (χ1) is 15.2. The number of ether oxygens (including phenoxy) is 2. The molecule has 3 aromatic rings. The molecule has 0 aliphatic carbocycles. The summed E-state index contributed by atoms with van der Waals surface area (Å²) in [6.07, 6.45) is -0.518. The maximum absolute atomic E-state index is 13.2. The normalized spacial score (nSPS) is 11.8. The van der Waals surface area contributed by atoms with Crippen molar-refractivity contribution in [3.63, 3.8) is 0 Å². The number of carbonyl (C=O) groups is 2. The van der Waals surface area contributed by atoms with Crippen molar-refractivity contribution in [1.29, 1.82) is 0 Å². The van der Waals surface area contributed by atoms with E-state index in [1.807, 2.05) is 6.92 Å². The molecule has 32 heavy (non-hydrogen) atoms. The third-order valence-electron chi connectivity index (χ3n) is 4.28. The summed E-state index contributed by atoms with van der Waals surface area (Å²) in [7, 11) is 3.04. The van der Waals surface area contributed by atoms with E-state index >= 15 is 0 Å². The fourth-order valence-corrected chi connectivity index (χ4v) is 4.63. The third-order valence-corrected chi connectivity index (χ3v) is 6.56. The van der Waals surface area contributed by atoms with Crippen molar-refractivity contribution < 1.29 is 23.5 Å². The number of thioether (sulfide) groups is 1. The SMILES string of the molecule is COC(=O)c1cc(C)sc1NC(=O)CSc1nnc(C(C)Oc2ccc(F)cc2Cl)n1C. The number of esters is 1. The number of halogens is 2. The Bertz CT molecular complexity index is 1150. The van der Waals surface area contributed by atoms with E-state index in [0.717, 1.165) is 4.88 Å². The summed E-state index contributed by atoms with van der Waals surface area (Å²) in [6.45, 7) is 3.60. The predicted octanol–water partition coefficient (Wildman–Crippen LogP) is 4.63. The first-order valence-electron chi connectivity index (χ1n) is 9.32. The number of hydrogen-bond donors (Lipinski definition) is 1. The molecule has 0 spiro atoms. The highest BCUT2D eigenvalue weighted by molar-refractivity contribution is 7.99. The molecule has 1 atom stereocenters. The number of methoxy groups -OCH3 is 1. The molecule has 3 rings (SSSR count). The Balaban J connectivity index is 1.62. The highest BCUT2D eigenvalue weighted by Crippen LogP contribution is 2.31. The van der Waals surface area contributed by atoms with Gasteiger partial charge in [0.05, 0.1) is 23.4 Å². The monoisotopic (exact) mass is 498 g/mol. The Labute approximate surface area is 197 Å². The van der Waals surface area contributed by atoms with Crippen LogP contribution in [0.15, 0.2) is 29.4 Å². The van der Waals surface area contributed by atoms with E-state index in [1.54, 1.807) is 24.6 Å². The first kappa shape index (κ1) is 24.0. The molecule has 0 aliphatic rings. The highest BCUT2D eigenvalue weighted by atomic mass is 35.5. The van der Waals surface area contributed by atoms with Crippen LogP contribution in [-0.4, -0.2) is 39.5 Å². The smallest absolute Gasteiger partial charge is 0.340 e. The van der Waals surface area contributed by atoms with Crippen molar-refractivity contribution in [2.45, 2.75) is 25.1 Å². The average molecular weight is 499 g/mol. The van der Waals surface area contributed by atoms with E-state index in [1.165, 1.54) is 48.4 Å². The number of carbonyl (C=O) groups excluding carboxylic acids is 2. The average Bonchev–Trinajstić information content (AvgIpc) is 3.29. The number of aromatic nitrogens is 3. The van der Waals surface area contributed by atoms with E-state index in [0.29, 0.717) is 27.3 Å². The minimum absolute atomic E-state index is 0.0581. The maximum atomic E-state index is 13.2. The highest BCUT2D eigenvalue weighted by Gasteiger charge is 2.21. The molecule has 0 saturated heterocycles. The molecule has 0 saturated carbocycles. The molecule has 2 aromatic heterocycles. The molecule has 1 unspecified atom stereocenters. The second-order valence-corrected chi connectivity index (χ2v) is 9.27. The van der Waals surface area contributed by atoms with E-state index in [-0.39, 0.29) is 16.7 Å². The summed E-state index contributed by atoms with van der Waals surface area (Å²) in [5.41, 5.74) is 0.319. The second-order valence-electron chi connectivity index (χ2n) is 6.66. The van der Waals surface area contributed by atoms with Crippen LogP contribution in [0.1, 0.15) is 34.1 Å². The van der Waals surface area contributed by atoms with Gasteiger partial charge in [-0.2, -0.15) is 0 Å². The standard InChI is InChI=1S/C20H20ClFN4O4S2/c1-10-7-13(19(28)29-4)18(32-10)23-16(27)9-31-20-25-24-17(26(20)3)11(2)30-15-6-5-12(22)8-14(15)21/h5-8,11H,9H2,1-4H3,(H,23,27). The first-order valence-corrected chi connectivity index (χ1v) is 11.5. The summed E-state index contributed by atoms with van der Waals surface area (Å²) >= 11 is 8.50. The number of aryl methyl sites for hydroxylation is 1. The Morgan fingerprint density at radius 3 is 2.78 bits per heavy atom. The fourth-order valence-electron chi connectivity index (χ4n) is 2.78. The van der Waals surface area contributed by atoms with Crippen LogP contribution in [0.4, 0.5) is 9.39 Å². The van der Waals surface area contributed by atoms with Crippen molar-refractivity contribution in [3.05, 3.63) is 51.4 Å². The molecule has 0 fully saturated rings. The van der Waals surface area contributed by atoms with Gasteiger partial charge in [0.25, 0.3) is 0 Å². The van der Waals surface area contributed by atoms with Crippen LogP contribution < -0.4 is 10.1 Å². The van der Waals surface area contributed by atoms with Crippen molar-refractivity contribution in [2.24, 2.45) is 7.05 Å². The third kappa shape index (κ3) is 5.59. The van der Waals surface area contributed by atoms with Gasteiger partial charge < -0.3 is 19.4 Å². The summed E-state index contributed by atoms with van der Waals surface area (Å²) < 4.78 is 25.5. The fraction of sp³-hybridized carbons (Fsp3) is 0.300. The van der Waals surface area contributed by atoms with E-state index in [2.05, 4.69) is 15.5 Å². The number of rotatable bonds is 8. The number of thiophene rings is 1. The number of nitrogens with one attached hydrogen (secondary N) is 1. The molecular weight excluding hydrogens is 479 g/mol. The van der Waals surface area contributed by atoms with Crippen LogP contribution in [0.5, 0.6) is 5.75 Å². The van der Waals surface area contributed by atoms with Gasteiger partial charge in [-0.1, -0.05) is 23.4 Å². The van der Waals surface area contributed by atoms with Crippen LogP contribution in [0, 0.1) is 12.7 Å². The molecule has 0 aliphatic heterocycles. The minimum Gasteiger partial charge on any atom is -0.481 e. The van der Waals surface area contributed by atoms with Crippen LogP contribution in [0.2, 0.25) is 5.02 Å². The van der Waals surface area contributed by atoms with Gasteiger partial charge in [0, 0.05) is 11.9 Å². The van der Waals surface area contributed by atoms with Crippen LogP contribution in [0.3, 0.4) is 0 Å². The zero-order chi connectivity index (χ0) is 23.4. The number of hydrogen-bond acceptors (Lipinski definition) is 8. The molecule has 2 heterocycles. The lowest BCUT2D eigenvalue weighted by molar-refractivity contribution is -0.113. The molecular formula is C20H20ClFN4O4S2. The molecule has 1 amide bonds. The second kappa shape index (κ2) is 10.3. The molecule has 0 bridgehead atoms. The van der Waals surface area contributed by atoms with Gasteiger partial charge >= 0.3 is 5.97 Å². The predicted molar refractivity (Wildman–Crippen MR) is 121 cm³/mol. The number of amides is 1. The van der Waals surface area contributed by atoms with Gasteiger partial charge in [-0.25, -0.2) is 9.18 Å². The molecule has 170 valence electrons. The Morgan fingerprint density at radius 2 is 2.09 bits per heavy atom. The van der Waals surface area contributed by atoms with Crippen LogP contribution in [-0.2, 0) is 16.6 Å². The largest absolute Gasteiger partial charge is 0.481 e. The van der Waals surface area contributed by atoms with Crippen molar-refractivity contribution in [3.8, 4) is 5.75 Å². The van der Waals surface area contributed by atoms with Gasteiger partial charge in [-0.3, -0.25) is 4.79 Å².